The molecule has 0 aromatic rings. The Kier molecular flexibility index (Phi) is 2.64. The molecule has 3 nitrogen and oxygen atoms in total. The molecule has 1 fully saturated rings. The Morgan fingerprint density at radius 1 is 1.12 bits per heavy atom. The van der Waals surface area contributed by atoms with Crippen LogP contribution in [0.2, 0.25) is 0 Å². The summed E-state index contributed by atoms with van der Waals surface area (Å²) in [5, 5.41) is 0. The van der Waals surface area contributed by atoms with E-state index in [4.69, 9.17) is 4.74 Å². The quantitative estimate of drug-likeness (QED) is 0.359. The number of carbonyl (C=O) groups excluding carboxylic acids is 2. The smallest absolute Gasteiger partial charge is 0.319 e. The summed E-state index contributed by atoms with van der Waals surface area (Å²) in [5.74, 6) is -0.696. The van der Waals surface area contributed by atoms with Crippen molar-refractivity contribution in [1.29, 1.82) is 0 Å². The fourth-order valence-corrected chi connectivity index (χ4v) is 2.75. The van der Waals surface area contributed by atoms with E-state index in [2.05, 4.69) is 6.08 Å². The van der Waals surface area contributed by atoms with Gasteiger partial charge in [0.25, 0.3) is 0 Å². The van der Waals surface area contributed by atoms with Gasteiger partial charge in [-0.3, -0.25) is 9.59 Å². The van der Waals surface area contributed by atoms with Crippen molar-refractivity contribution < 1.29 is 14.3 Å². The third kappa shape index (κ3) is 1.79. The Morgan fingerprint density at radius 2 is 1.81 bits per heavy atom. The minimum absolute atomic E-state index is 0.336. The van der Waals surface area contributed by atoms with Crippen LogP contribution in [0, 0.1) is 10.8 Å². The van der Waals surface area contributed by atoms with E-state index in [9.17, 15) is 9.59 Å². The molecule has 0 amide bonds. The summed E-state index contributed by atoms with van der Waals surface area (Å²) in [7, 11) is 0. The minimum Gasteiger partial charge on any atom is -0.392 e. The first-order valence-electron chi connectivity index (χ1n) is 5.88. The van der Waals surface area contributed by atoms with Gasteiger partial charge >= 0.3 is 11.9 Å². The molecule has 1 aliphatic heterocycles. The van der Waals surface area contributed by atoms with Crippen molar-refractivity contribution in [2.75, 3.05) is 0 Å². The lowest BCUT2D eigenvalue weighted by atomic mass is 9.68. The maximum absolute atomic E-state index is 11.8. The largest absolute Gasteiger partial charge is 0.392 e. The van der Waals surface area contributed by atoms with Crippen LogP contribution in [0.25, 0.3) is 0 Å². The maximum atomic E-state index is 11.8. The Morgan fingerprint density at radius 3 is 2.56 bits per heavy atom. The number of hydrogen-bond acceptors (Lipinski definition) is 3. The topological polar surface area (TPSA) is 43.4 Å². The monoisotopic (exact) mass is 222 g/mol. The van der Waals surface area contributed by atoms with Gasteiger partial charge in [0.15, 0.2) is 0 Å². The van der Waals surface area contributed by atoms with Crippen LogP contribution in [-0.2, 0) is 14.3 Å². The van der Waals surface area contributed by atoms with Crippen LogP contribution in [0.4, 0.5) is 0 Å². The van der Waals surface area contributed by atoms with Gasteiger partial charge in [-0.25, -0.2) is 0 Å². The van der Waals surface area contributed by atoms with Gasteiger partial charge in [0.1, 0.15) is 0 Å². The number of ether oxygens (including phenoxy) is 1. The second-order valence-electron chi connectivity index (χ2n) is 5.54. The van der Waals surface area contributed by atoms with Crippen LogP contribution in [0.15, 0.2) is 12.2 Å². The van der Waals surface area contributed by atoms with E-state index < -0.39 is 10.8 Å². The van der Waals surface area contributed by atoms with Crippen molar-refractivity contribution in [2.45, 2.75) is 46.0 Å². The highest BCUT2D eigenvalue weighted by Gasteiger charge is 2.51. The average molecular weight is 222 g/mol. The molecule has 16 heavy (non-hydrogen) atoms. The van der Waals surface area contributed by atoms with Gasteiger partial charge in [-0.05, 0) is 46.0 Å². The molecule has 0 radical (unpaired) electrons. The Balaban J connectivity index is 2.35. The molecular formula is C13H18O3. The fraction of sp³-hybridized carbons (Fsp3) is 0.692. The van der Waals surface area contributed by atoms with Gasteiger partial charge in [-0.2, -0.15) is 0 Å². The number of rotatable bonds is 0. The third-order valence-corrected chi connectivity index (χ3v) is 3.79. The molecular weight excluding hydrogens is 204 g/mol. The normalized spacial score (nSPS) is 41.6. The van der Waals surface area contributed by atoms with Crippen molar-refractivity contribution in [3.05, 3.63) is 12.2 Å². The summed E-state index contributed by atoms with van der Waals surface area (Å²) in [5.41, 5.74) is -1.00. The van der Waals surface area contributed by atoms with Crippen LogP contribution < -0.4 is 0 Å². The predicted octanol–water partition coefficient (Wildman–Crippen LogP) is 2.60. The Labute approximate surface area is 95.9 Å². The van der Waals surface area contributed by atoms with E-state index in [-0.39, 0.29) is 11.9 Å². The summed E-state index contributed by atoms with van der Waals surface area (Å²) in [6.45, 7) is 3.82. The van der Waals surface area contributed by atoms with Gasteiger partial charge in [0.2, 0.25) is 0 Å². The van der Waals surface area contributed by atoms with Crippen LogP contribution in [-0.4, -0.2) is 11.9 Å². The first-order chi connectivity index (χ1) is 7.46. The number of carbonyl (C=O) groups is 2. The Hall–Kier alpha value is -1.12. The first kappa shape index (κ1) is 11.4. The molecule has 3 heteroatoms. The van der Waals surface area contributed by atoms with Gasteiger partial charge in [0.05, 0.1) is 10.8 Å². The van der Waals surface area contributed by atoms with Crippen LogP contribution in [0.5, 0.6) is 0 Å². The van der Waals surface area contributed by atoms with Crippen LogP contribution >= 0.6 is 0 Å². The standard InChI is InChI=1S/C13H18O3/c1-12-7-5-3-4-6-8-13(2,9-12)11(15)16-10(12)14/h3,5H,4,6-9H2,1-2H3/b5-3-. The zero-order valence-electron chi connectivity index (χ0n) is 9.91. The van der Waals surface area contributed by atoms with Crippen molar-refractivity contribution in [3.8, 4) is 0 Å². The molecule has 1 aliphatic carbocycles. The fourth-order valence-electron chi connectivity index (χ4n) is 2.75. The number of fused-ring (bicyclic) bond motifs is 2. The molecule has 2 unspecified atom stereocenters. The summed E-state index contributed by atoms with van der Waals surface area (Å²) in [6, 6.07) is 0. The molecule has 2 atom stereocenters. The van der Waals surface area contributed by atoms with Crippen molar-refractivity contribution in [3.63, 3.8) is 0 Å². The molecule has 0 spiro atoms. The molecule has 1 heterocycles. The SMILES string of the molecule is CC12C/C=C\CCCC(C)(C1)C(=O)OC2=O. The zero-order chi connectivity index (χ0) is 11.8. The van der Waals surface area contributed by atoms with E-state index in [0.29, 0.717) is 12.8 Å². The van der Waals surface area contributed by atoms with Crippen molar-refractivity contribution >= 4 is 11.9 Å². The third-order valence-electron chi connectivity index (χ3n) is 3.79. The highest BCUT2D eigenvalue weighted by Crippen LogP contribution is 2.46. The molecule has 2 bridgehead atoms. The van der Waals surface area contributed by atoms with Crippen LogP contribution in [0.1, 0.15) is 46.0 Å². The number of hydrogen-bond donors (Lipinski definition) is 0. The molecule has 88 valence electrons. The highest BCUT2D eigenvalue weighted by atomic mass is 16.6. The Bertz CT molecular complexity index is 358. The van der Waals surface area contributed by atoms with Gasteiger partial charge in [-0.1, -0.05) is 12.2 Å². The molecule has 2 rings (SSSR count). The maximum Gasteiger partial charge on any atom is 0.319 e. The van der Waals surface area contributed by atoms with Gasteiger partial charge < -0.3 is 4.74 Å². The van der Waals surface area contributed by atoms with E-state index in [1.165, 1.54) is 0 Å². The van der Waals surface area contributed by atoms with Crippen molar-refractivity contribution in [2.24, 2.45) is 10.8 Å². The van der Waals surface area contributed by atoms with E-state index in [1.54, 1.807) is 0 Å². The number of cyclic esters (lactones) is 2. The number of esters is 2. The van der Waals surface area contributed by atoms with Crippen LogP contribution in [0.3, 0.4) is 0 Å². The molecule has 2 aliphatic rings. The molecule has 0 N–H and O–H groups in total. The first-order valence-corrected chi connectivity index (χ1v) is 5.88. The predicted molar refractivity (Wildman–Crippen MR) is 59.5 cm³/mol. The van der Waals surface area contributed by atoms with Crippen molar-refractivity contribution in [1.82, 2.24) is 0 Å². The highest BCUT2D eigenvalue weighted by molar-refractivity contribution is 5.94. The summed E-state index contributed by atoms with van der Waals surface area (Å²) < 4.78 is 4.94. The minimum atomic E-state index is -0.524. The summed E-state index contributed by atoms with van der Waals surface area (Å²) in [6.07, 6.45) is 8.20. The lowest BCUT2D eigenvalue weighted by Crippen LogP contribution is -2.47. The molecule has 0 aromatic heterocycles. The molecule has 0 saturated carbocycles. The lowest BCUT2D eigenvalue weighted by molar-refractivity contribution is -0.185. The summed E-state index contributed by atoms with van der Waals surface area (Å²) in [4.78, 5) is 23.6. The molecule has 1 saturated heterocycles. The van der Waals surface area contributed by atoms with E-state index in [1.807, 2.05) is 19.9 Å². The lowest BCUT2D eigenvalue weighted by Gasteiger charge is -2.40. The average Bonchev–Trinajstić information content (AvgIpc) is 2.26. The van der Waals surface area contributed by atoms with E-state index in [0.717, 1.165) is 19.3 Å². The number of allylic oxidation sites excluding steroid dienone is 2. The second-order valence-corrected chi connectivity index (χ2v) is 5.54. The van der Waals surface area contributed by atoms with Gasteiger partial charge in [0, 0.05) is 0 Å². The zero-order valence-corrected chi connectivity index (χ0v) is 9.91. The second kappa shape index (κ2) is 3.72. The molecule has 0 aromatic carbocycles. The summed E-state index contributed by atoms with van der Waals surface area (Å²) >= 11 is 0. The van der Waals surface area contributed by atoms with E-state index >= 15 is 0 Å². The van der Waals surface area contributed by atoms with Gasteiger partial charge in [-0.15, -0.1) is 0 Å².